The van der Waals surface area contributed by atoms with E-state index in [0.29, 0.717) is 4.47 Å². The molecule has 0 bridgehead atoms. The smallest absolute Gasteiger partial charge is 0.358 e. The third-order valence-electron chi connectivity index (χ3n) is 1.77. The van der Waals surface area contributed by atoms with E-state index < -0.39 is 10.7 Å². The Balaban J connectivity index is 2.46. The van der Waals surface area contributed by atoms with Crippen LogP contribution in [0.4, 0.5) is 10.2 Å². The maximum atomic E-state index is 13.4. The first-order valence-corrected chi connectivity index (χ1v) is 4.88. The molecular formula is C8H4BrFN4O2. The van der Waals surface area contributed by atoms with E-state index >= 15 is 0 Å². The van der Waals surface area contributed by atoms with Crippen molar-refractivity contribution in [3.05, 3.63) is 44.9 Å². The van der Waals surface area contributed by atoms with Crippen LogP contribution < -0.4 is 0 Å². The molecule has 16 heavy (non-hydrogen) atoms. The van der Waals surface area contributed by atoms with Crippen LogP contribution in [0.1, 0.15) is 0 Å². The molecule has 8 heteroatoms. The van der Waals surface area contributed by atoms with Gasteiger partial charge >= 0.3 is 5.82 Å². The quantitative estimate of drug-likeness (QED) is 0.626. The number of nitrogens with zero attached hydrogens (tertiary/aromatic N) is 4. The molecule has 82 valence electrons. The highest BCUT2D eigenvalue weighted by molar-refractivity contribution is 9.10. The summed E-state index contributed by atoms with van der Waals surface area (Å²) in [7, 11) is 0. The number of hydrogen-bond acceptors (Lipinski definition) is 4. The minimum atomic E-state index is -0.659. The van der Waals surface area contributed by atoms with Crippen molar-refractivity contribution in [1.82, 2.24) is 14.8 Å². The molecule has 2 rings (SSSR count). The summed E-state index contributed by atoms with van der Waals surface area (Å²) in [6.07, 6.45) is 2.66. The van der Waals surface area contributed by atoms with Crippen LogP contribution in [0.25, 0.3) is 5.82 Å². The fourth-order valence-electron chi connectivity index (χ4n) is 1.11. The van der Waals surface area contributed by atoms with Crippen LogP contribution in [0.2, 0.25) is 0 Å². The SMILES string of the molecule is O=[N+]([O-])c1ccn(-c2ncc(Br)cc2F)n1. The zero-order valence-electron chi connectivity index (χ0n) is 7.67. The van der Waals surface area contributed by atoms with Gasteiger partial charge < -0.3 is 10.1 Å². The standard InChI is InChI=1S/C8H4BrFN4O2/c9-5-3-6(10)8(11-4-5)13-2-1-7(12-13)14(15)16/h1-4H. The maximum absolute atomic E-state index is 13.4. The largest absolute Gasteiger partial charge is 0.390 e. The van der Waals surface area contributed by atoms with E-state index in [1.807, 2.05) is 0 Å². The average Bonchev–Trinajstić information content (AvgIpc) is 2.66. The van der Waals surface area contributed by atoms with Crippen molar-refractivity contribution in [3.8, 4) is 5.82 Å². The van der Waals surface area contributed by atoms with Gasteiger partial charge in [0.2, 0.25) is 5.82 Å². The number of nitro groups is 1. The Labute approximate surface area is 97.0 Å². The lowest BCUT2D eigenvalue weighted by Crippen LogP contribution is -2.02. The van der Waals surface area contributed by atoms with Gasteiger partial charge in [0.05, 0.1) is 17.4 Å². The van der Waals surface area contributed by atoms with Crippen molar-refractivity contribution < 1.29 is 9.31 Å². The predicted octanol–water partition coefficient (Wildman–Crippen LogP) is 2.08. The van der Waals surface area contributed by atoms with E-state index in [9.17, 15) is 14.5 Å². The highest BCUT2D eigenvalue weighted by atomic mass is 79.9. The van der Waals surface area contributed by atoms with Crippen LogP contribution in [0.3, 0.4) is 0 Å². The summed E-state index contributed by atoms with van der Waals surface area (Å²) in [4.78, 5) is 13.5. The van der Waals surface area contributed by atoms with Gasteiger partial charge in [0, 0.05) is 10.7 Å². The minimum Gasteiger partial charge on any atom is -0.358 e. The lowest BCUT2D eigenvalue weighted by Gasteiger charge is -1.97. The number of rotatable bonds is 2. The first-order valence-electron chi connectivity index (χ1n) is 4.09. The number of hydrogen-bond donors (Lipinski definition) is 0. The second-order valence-electron chi connectivity index (χ2n) is 2.83. The predicted molar refractivity (Wildman–Crippen MR) is 55.7 cm³/mol. The van der Waals surface area contributed by atoms with Crippen molar-refractivity contribution in [3.63, 3.8) is 0 Å². The topological polar surface area (TPSA) is 73.8 Å². The van der Waals surface area contributed by atoms with Gasteiger partial charge in [-0.1, -0.05) is 0 Å². The monoisotopic (exact) mass is 286 g/mol. The van der Waals surface area contributed by atoms with E-state index in [4.69, 9.17) is 0 Å². The Bertz CT molecular complexity index is 557. The second kappa shape index (κ2) is 3.97. The van der Waals surface area contributed by atoms with Crippen LogP contribution in [-0.2, 0) is 0 Å². The third kappa shape index (κ3) is 1.91. The van der Waals surface area contributed by atoms with Gasteiger partial charge in [-0.2, -0.15) is 0 Å². The summed E-state index contributed by atoms with van der Waals surface area (Å²) >= 11 is 3.06. The molecule has 0 aliphatic carbocycles. The van der Waals surface area contributed by atoms with Crippen LogP contribution >= 0.6 is 15.9 Å². The van der Waals surface area contributed by atoms with E-state index in [1.165, 1.54) is 24.5 Å². The van der Waals surface area contributed by atoms with Crippen LogP contribution in [0.15, 0.2) is 29.0 Å². The third-order valence-corrected chi connectivity index (χ3v) is 2.20. The first-order chi connectivity index (χ1) is 7.58. The number of aromatic nitrogens is 3. The van der Waals surface area contributed by atoms with Gasteiger partial charge in [-0.05, 0) is 26.9 Å². The molecule has 0 fully saturated rings. The molecule has 0 saturated carbocycles. The molecule has 0 radical (unpaired) electrons. The van der Waals surface area contributed by atoms with Gasteiger partial charge in [-0.3, -0.25) is 0 Å². The number of pyridine rings is 1. The van der Waals surface area contributed by atoms with Crippen molar-refractivity contribution in [2.24, 2.45) is 0 Å². The Morgan fingerprint density at radius 1 is 1.56 bits per heavy atom. The van der Waals surface area contributed by atoms with E-state index in [1.54, 1.807) is 0 Å². The van der Waals surface area contributed by atoms with Gasteiger partial charge in [0.15, 0.2) is 5.82 Å². The van der Waals surface area contributed by atoms with E-state index in [2.05, 4.69) is 26.0 Å². The van der Waals surface area contributed by atoms with Gasteiger partial charge in [0.25, 0.3) is 0 Å². The molecule has 2 aromatic heterocycles. The normalized spacial score (nSPS) is 10.4. The molecule has 0 N–H and O–H groups in total. The Kier molecular flexibility index (Phi) is 2.65. The van der Waals surface area contributed by atoms with E-state index in [0.717, 1.165) is 4.68 Å². The first kappa shape index (κ1) is 10.7. The second-order valence-corrected chi connectivity index (χ2v) is 3.75. The maximum Gasteiger partial charge on any atom is 0.390 e. The van der Waals surface area contributed by atoms with Crippen molar-refractivity contribution in [2.75, 3.05) is 0 Å². The molecule has 6 nitrogen and oxygen atoms in total. The van der Waals surface area contributed by atoms with Crippen LogP contribution in [0.5, 0.6) is 0 Å². The molecule has 0 amide bonds. The molecule has 2 aromatic rings. The minimum absolute atomic E-state index is 0.0868. The number of halogens is 2. The Morgan fingerprint density at radius 2 is 2.31 bits per heavy atom. The lowest BCUT2D eigenvalue weighted by molar-refractivity contribution is -0.389. The molecule has 0 aliphatic rings. The average molecular weight is 287 g/mol. The van der Waals surface area contributed by atoms with Gasteiger partial charge in [-0.25, -0.2) is 9.37 Å². The molecule has 0 aliphatic heterocycles. The van der Waals surface area contributed by atoms with Crippen molar-refractivity contribution in [2.45, 2.75) is 0 Å². The lowest BCUT2D eigenvalue weighted by atomic mass is 10.4. The molecule has 0 atom stereocenters. The summed E-state index contributed by atoms with van der Waals surface area (Å²) in [6, 6.07) is 2.37. The summed E-state index contributed by atoms with van der Waals surface area (Å²) in [5.74, 6) is -1.06. The van der Waals surface area contributed by atoms with Gasteiger partial charge in [-0.15, -0.1) is 4.68 Å². The van der Waals surface area contributed by atoms with Crippen LogP contribution in [0, 0.1) is 15.9 Å². The summed E-state index contributed by atoms with van der Waals surface area (Å²) in [5, 5.41) is 14.0. The van der Waals surface area contributed by atoms with Crippen molar-refractivity contribution in [1.29, 1.82) is 0 Å². The summed E-state index contributed by atoms with van der Waals surface area (Å²) < 4.78 is 14.9. The highest BCUT2D eigenvalue weighted by Crippen LogP contribution is 2.16. The molecule has 0 unspecified atom stereocenters. The molecule has 0 spiro atoms. The molecule has 2 heterocycles. The molecular weight excluding hydrogens is 283 g/mol. The highest BCUT2D eigenvalue weighted by Gasteiger charge is 2.16. The molecule has 0 aromatic carbocycles. The zero-order chi connectivity index (χ0) is 11.7. The van der Waals surface area contributed by atoms with Crippen LogP contribution in [-0.4, -0.2) is 19.7 Å². The van der Waals surface area contributed by atoms with Gasteiger partial charge in [0.1, 0.15) is 0 Å². The fraction of sp³-hybridized carbons (Fsp3) is 0. The van der Waals surface area contributed by atoms with Crippen molar-refractivity contribution >= 4 is 21.7 Å². The zero-order valence-corrected chi connectivity index (χ0v) is 9.26. The fourth-order valence-corrected chi connectivity index (χ4v) is 1.41. The summed E-state index contributed by atoms with van der Waals surface area (Å²) in [6.45, 7) is 0. The Hall–Kier alpha value is -1.83. The summed E-state index contributed by atoms with van der Waals surface area (Å²) in [5.41, 5.74) is 0. The molecule has 0 saturated heterocycles. The van der Waals surface area contributed by atoms with E-state index in [-0.39, 0.29) is 11.6 Å². The Morgan fingerprint density at radius 3 is 2.88 bits per heavy atom.